The summed E-state index contributed by atoms with van der Waals surface area (Å²) in [7, 11) is 0. The van der Waals surface area contributed by atoms with Crippen LogP contribution in [0.2, 0.25) is 0 Å². The fourth-order valence-corrected chi connectivity index (χ4v) is 5.53. The maximum Gasteiger partial charge on any atom is 0.231 e. The summed E-state index contributed by atoms with van der Waals surface area (Å²) in [5, 5.41) is 3.59. The standard InChI is InChI=1S/C23H33N3O2/c1-2-6-20(25-16-17-8-9-18-7-5-12-24-19(18)13-17)26-21(27)14-23(15-22(26)28)10-3-4-11-23/h5,7,12,17,20,25H,2-4,6,8-11,13-16H2,1H3. The Labute approximate surface area is 168 Å². The van der Waals surface area contributed by atoms with Crippen molar-refractivity contribution in [1.82, 2.24) is 15.2 Å². The number of piperidine rings is 1. The number of nitrogens with zero attached hydrogens (tertiary/aromatic N) is 2. The molecule has 2 aliphatic carbocycles. The summed E-state index contributed by atoms with van der Waals surface area (Å²) in [4.78, 5) is 32.0. The van der Waals surface area contributed by atoms with Gasteiger partial charge in [0.15, 0.2) is 0 Å². The molecular formula is C23H33N3O2. The van der Waals surface area contributed by atoms with Crippen molar-refractivity contribution in [3.05, 3.63) is 29.6 Å². The van der Waals surface area contributed by atoms with Gasteiger partial charge >= 0.3 is 0 Å². The van der Waals surface area contributed by atoms with Gasteiger partial charge < -0.3 is 0 Å². The highest BCUT2D eigenvalue weighted by Gasteiger charge is 2.46. The zero-order valence-electron chi connectivity index (χ0n) is 17.1. The van der Waals surface area contributed by atoms with E-state index in [2.05, 4.69) is 23.3 Å². The summed E-state index contributed by atoms with van der Waals surface area (Å²) in [6, 6.07) is 4.19. The Hall–Kier alpha value is -1.75. The van der Waals surface area contributed by atoms with Crippen LogP contribution >= 0.6 is 0 Å². The van der Waals surface area contributed by atoms with E-state index in [1.54, 1.807) is 4.90 Å². The van der Waals surface area contributed by atoms with Crippen LogP contribution in [0.5, 0.6) is 0 Å². The van der Waals surface area contributed by atoms with E-state index in [-0.39, 0.29) is 23.4 Å². The van der Waals surface area contributed by atoms with E-state index in [9.17, 15) is 9.59 Å². The lowest BCUT2D eigenvalue weighted by Gasteiger charge is -2.41. The van der Waals surface area contributed by atoms with E-state index < -0.39 is 0 Å². The van der Waals surface area contributed by atoms with E-state index in [4.69, 9.17) is 0 Å². The lowest BCUT2D eigenvalue weighted by Crippen LogP contribution is -2.57. The fourth-order valence-electron chi connectivity index (χ4n) is 5.53. The largest absolute Gasteiger partial charge is 0.297 e. The van der Waals surface area contributed by atoms with Crippen LogP contribution in [0.1, 0.15) is 76.0 Å². The van der Waals surface area contributed by atoms with Gasteiger partial charge in [0, 0.05) is 31.3 Å². The summed E-state index contributed by atoms with van der Waals surface area (Å²) in [5.41, 5.74) is 2.55. The lowest BCUT2D eigenvalue weighted by atomic mass is 9.76. The Morgan fingerprint density at radius 2 is 2.00 bits per heavy atom. The van der Waals surface area contributed by atoms with Gasteiger partial charge in [-0.15, -0.1) is 0 Å². The van der Waals surface area contributed by atoms with E-state index in [0.29, 0.717) is 18.8 Å². The molecule has 5 nitrogen and oxygen atoms in total. The minimum absolute atomic E-state index is 0.0276. The number of imide groups is 1. The maximum absolute atomic E-state index is 13.0. The van der Waals surface area contributed by atoms with Gasteiger partial charge in [0.2, 0.25) is 11.8 Å². The van der Waals surface area contributed by atoms with Crippen molar-refractivity contribution < 1.29 is 9.59 Å². The predicted octanol–water partition coefficient (Wildman–Crippen LogP) is 3.61. The normalized spacial score (nSPS) is 25.2. The number of likely N-dealkylation sites (tertiary alicyclic amines) is 1. The number of pyridine rings is 1. The Balaban J connectivity index is 1.39. The third-order valence-electron chi connectivity index (χ3n) is 7.06. The van der Waals surface area contributed by atoms with Crippen LogP contribution in [-0.4, -0.2) is 34.4 Å². The van der Waals surface area contributed by atoms with Crippen LogP contribution in [0.3, 0.4) is 0 Å². The highest BCUT2D eigenvalue weighted by Crippen LogP contribution is 2.47. The number of hydrogen-bond acceptors (Lipinski definition) is 4. The molecule has 2 atom stereocenters. The average molecular weight is 384 g/mol. The van der Waals surface area contributed by atoms with Crippen molar-refractivity contribution in [2.45, 2.75) is 83.7 Å². The predicted molar refractivity (Wildman–Crippen MR) is 108 cm³/mol. The second-order valence-corrected chi connectivity index (χ2v) is 9.15. The number of rotatable bonds is 6. The van der Waals surface area contributed by atoms with Crippen molar-refractivity contribution in [1.29, 1.82) is 0 Å². The molecule has 2 heterocycles. The van der Waals surface area contributed by atoms with Crippen molar-refractivity contribution in [2.75, 3.05) is 6.54 Å². The van der Waals surface area contributed by atoms with E-state index >= 15 is 0 Å². The van der Waals surface area contributed by atoms with Gasteiger partial charge in [-0.3, -0.25) is 24.8 Å². The van der Waals surface area contributed by atoms with Crippen LogP contribution in [-0.2, 0) is 22.4 Å². The van der Waals surface area contributed by atoms with Crippen LogP contribution in [0.25, 0.3) is 0 Å². The Bertz CT molecular complexity index is 706. The number of carbonyl (C=O) groups is 2. The van der Waals surface area contributed by atoms with Gasteiger partial charge in [-0.2, -0.15) is 0 Å². The summed E-state index contributed by atoms with van der Waals surface area (Å²) >= 11 is 0. The summed E-state index contributed by atoms with van der Waals surface area (Å²) in [5.74, 6) is 0.595. The fraction of sp³-hybridized carbons (Fsp3) is 0.696. The molecule has 0 bridgehead atoms. The summed E-state index contributed by atoms with van der Waals surface area (Å²) in [6.45, 7) is 2.95. The maximum atomic E-state index is 13.0. The zero-order chi connectivity index (χ0) is 19.6. The second-order valence-electron chi connectivity index (χ2n) is 9.15. The molecule has 2 amide bonds. The molecule has 2 unspecified atom stereocenters. The smallest absolute Gasteiger partial charge is 0.231 e. The first-order valence-corrected chi connectivity index (χ1v) is 11.1. The Morgan fingerprint density at radius 3 is 2.71 bits per heavy atom. The van der Waals surface area contributed by atoms with Gasteiger partial charge in [-0.25, -0.2) is 0 Å². The molecule has 1 aromatic heterocycles. The number of aryl methyl sites for hydroxylation is 1. The van der Waals surface area contributed by atoms with Crippen molar-refractivity contribution in [3.63, 3.8) is 0 Å². The van der Waals surface area contributed by atoms with Crippen LogP contribution in [0, 0.1) is 11.3 Å². The molecule has 4 rings (SSSR count). The number of fused-ring (bicyclic) bond motifs is 1. The highest BCUT2D eigenvalue weighted by molar-refractivity contribution is 5.99. The molecule has 5 heteroatoms. The first-order chi connectivity index (χ1) is 13.6. The van der Waals surface area contributed by atoms with Crippen molar-refractivity contribution in [3.8, 4) is 0 Å². The van der Waals surface area contributed by atoms with E-state index in [1.807, 2.05) is 12.3 Å². The quantitative estimate of drug-likeness (QED) is 0.762. The topological polar surface area (TPSA) is 62.3 Å². The molecule has 0 radical (unpaired) electrons. The average Bonchev–Trinajstić information content (AvgIpc) is 3.12. The number of aromatic nitrogens is 1. The highest BCUT2D eigenvalue weighted by atomic mass is 16.2. The second kappa shape index (κ2) is 8.32. The van der Waals surface area contributed by atoms with Crippen LogP contribution in [0.15, 0.2) is 18.3 Å². The molecule has 152 valence electrons. The first kappa shape index (κ1) is 19.6. The molecule has 28 heavy (non-hydrogen) atoms. The third kappa shape index (κ3) is 4.00. The van der Waals surface area contributed by atoms with Crippen LogP contribution < -0.4 is 5.32 Å². The number of nitrogens with one attached hydrogen (secondary N) is 1. The van der Waals surface area contributed by atoms with Gasteiger partial charge in [-0.1, -0.05) is 32.3 Å². The number of carbonyl (C=O) groups excluding carboxylic acids is 2. The number of amides is 2. The van der Waals surface area contributed by atoms with Gasteiger partial charge in [0.1, 0.15) is 0 Å². The molecule has 1 saturated heterocycles. The molecule has 0 aromatic carbocycles. The van der Waals surface area contributed by atoms with Gasteiger partial charge in [0.05, 0.1) is 6.17 Å². The molecule has 3 aliphatic rings. The van der Waals surface area contributed by atoms with Crippen molar-refractivity contribution in [2.24, 2.45) is 11.3 Å². The van der Waals surface area contributed by atoms with Gasteiger partial charge in [0.25, 0.3) is 0 Å². The monoisotopic (exact) mass is 383 g/mol. The third-order valence-corrected chi connectivity index (χ3v) is 7.06. The molecule has 2 fully saturated rings. The van der Waals surface area contributed by atoms with Crippen molar-refractivity contribution >= 4 is 11.8 Å². The minimum atomic E-state index is -0.158. The van der Waals surface area contributed by atoms with E-state index in [1.165, 1.54) is 11.3 Å². The zero-order valence-corrected chi connectivity index (χ0v) is 17.1. The molecular weight excluding hydrogens is 350 g/mol. The Kier molecular flexibility index (Phi) is 5.81. The van der Waals surface area contributed by atoms with Gasteiger partial charge in [-0.05, 0) is 61.5 Å². The minimum Gasteiger partial charge on any atom is -0.297 e. The first-order valence-electron chi connectivity index (χ1n) is 11.1. The molecule has 1 aromatic rings. The lowest BCUT2D eigenvalue weighted by molar-refractivity contribution is -0.157. The Morgan fingerprint density at radius 1 is 1.25 bits per heavy atom. The SMILES string of the molecule is CCCC(NCC1CCc2cccnc2C1)N1C(=O)CC2(CCCC2)CC1=O. The molecule has 1 aliphatic heterocycles. The molecule has 1 spiro atoms. The molecule has 1 N–H and O–H groups in total. The number of hydrogen-bond donors (Lipinski definition) is 1. The summed E-state index contributed by atoms with van der Waals surface area (Å²) in [6.07, 6.45) is 12.2. The molecule has 1 saturated carbocycles. The summed E-state index contributed by atoms with van der Waals surface area (Å²) < 4.78 is 0. The van der Waals surface area contributed by atoms with Crippen LogP contribution in [0.4, 0.5) is 0 Å². The van der Waals surface area contributed by atoms with E-state index in [0.717, 1.165) is 64.3 Å².